The average molecular weight is 429 g/mol. The summed E-state index contributed by atoms with van der Waals surface area (Å²) in [5.41, 5.74) is 1.17. The number of aromatic nitrogens is 1. The van der Waals surface area contributed by atoms with Gasteiger partial charge in [0.2, 0.25) is 0 Å². The standard InChI is InChI=1S/C19H22Cl2N2O5/c1-19(2)27-15-14(8-25)26-18(16(15)28-19)23-13-6-12(21)11(20)5-9(13)10(7-24)17(23)22(3)4/h5-7,14-16,18,25H,8H2,1-4H3/t14-,15-,16-,18-/m1/s1. The van der Waals surface area contributed by atoms with E-state index in [0.29, 0.717) is 32.3 Å². The Kier molecular flexibility index (Phi) is 4.89. The van der Waals surface area contributed by atoms with E-state index in [1.807, 2.05) is 37.4 Å². The third-order valence-electron chi connectivity index (χ3n) is 5.16. The second-order valence-corrected chi connectivity index (χ2v) is 8.53. The molecule has 1 N–H and O–H groups in total. The van der Waals surface area contributed by atoms with Gasteiger partial charge in [0.15, 0.2) is 18.3 Å². The molecule has 4 atom stereocenters. The fraction of sp³-hybridized carbons (Fsp3) is 0.526. The summed E-state index contributed by atoms with van der Waals surface area (Å²) in [6.07, 6.45) is -1.26. The lowest BCUT2D eigenvalue weighted by Gasteiger charge is -2.27. The fourth-order valence-electron chi connectivity index (χ4n) is 4.16. The number of carbonyl (C=O) groups is 1. The fourth-order valence-corrected chi connectivity index (χ4v) is 4.48. The summed E-state index contributed by atoms with van der Waals surface area (Å²) < 4.78 is 20.1. The van der Waals surface area contributed by atoms with Crippen LogP contribution in [0.5, 0.6) is 0 Å². The highest BCUT2D eigenvalue weighted by Gasteiger charge is 2.56. The van der Waals surface area contributed by atoms with Crippen molar-refractivity contribution in [1.29, 1.82) is 0 Å². The molecule has 1 aromatic heterocycles. The number of aliphatic hydroxyl groups excluding tert-OH is 1. The lowest BCUT2D eigenvalue weighted by Crippen LogP contribution is -2.31. The largest absolute Gasteiger partial charge is 0.394 e. The molecule has 2 saturated heterocycles. The van der Waals surface area contributed by atoms with E-state index in [4.69, 9.17) is 37.4 Å². The van der Waals surface area contributed by atoms with Crippen LogP contribution in [0.25, 0.3) is 10.9 Å². The van der Waals surface area contributed by atoms with Crippen molar-refractivity contribution in [3.63, 3.8) is 0 Å². The maximum atomic E-state index is 12.0. The molecule has 0 bridgehead atoms. The maximum absolute atomic E-state index is 12.0. The molecule has 3 heterocycles. The highest BCUT2D eigenvalue weighted by Crippen LogP contribution is 2.47. The quantitative estimate of drug-likeness (QED) is 0.753. The van der Waals surface area contributed by atoms with Crippen molar-refractivity contribution < 1.29 is 24.1 Å². The number of nitrogens with zero attached hydrogens (tertiary/aromatic N) is 2. The Morgan fingerprint density at radius 2 is 1.86 bits per heavy atom. The summed E-state index contributed by atoms with van der Waals surface area (Å²) in [6.45, 7) is 3.44. The van der Waals surface area contributed by atoms with Crippen molar-refractivity contribution >= 4 is 46.2 Å². The van der Waals surface area contributed by atoms with Crippen molar-refractivity contribution in [1.82, 2.24) is 4.57 Å². The minimum atomic E-state index is -0.805. The predicted molar refractivity (Wildman–Crippen MR) is 106 cm³/mol. The van der Waals surface area contributed by atoms with Gasteiger partial charge in [0.05, 0.1) is 27.7 Å². The summed E-state index contributed by atoms with van der Waals surface area (Å²) in [7, 11) is 3.68. The first-order valence-corrected chi connectivity index (χ1v) is 9.71. The second-order valence-electron chi connectivity index (χ2n) is 7.72. The summed E-state index contributed by atoms with van der Waals surface area (Å²) >= 11 is 12.5. The second kappa shape index (κ2) is 6.86. The van der Waals surface area contributed by atoms with Gasteiger partial charge >= 0.3 is 0 Å². The third kappa shape index (κ3) is 2.93. The van der Waals surface area contributed by atoms with Crippen LogP contribution in [0, 0.1) is 0 Å². The molecule has 9 heteroatoms. The molecule has 1 aromatic carbocycles. The maximum Gasteiger partial charge on any atom is 0.165 e. The SMILES string of the molecule is CN(C)c1c(C=O)c2cc(Cl)c(Cl)cc2n1[C@@H]1O[C@H](CO)[C@H]2OC(C)(C)O[C@H]21. The van der Waals surface area contributed by atoms with Crippen LogP contribution >= 0.6 is 23.2 Å². The minimum Gasteiger partial charge on any atom is -0.394 e. The van der Waals surface area contributed by atoms with Gasteiger partial charge in [-0.15, -0.1) is 0 Å². The van der Waals surface area contributed by atoms with Crippen molar-refractivity contribution in [2.45, 2.75) is 44.2 Å². The molecule has 2 aromatic rings. The summed E-state index contributed by atoms with van der Waals surface area (Å²) in [5, 5.41) is 11.2. The van der Waals surface area contributed by atoms with Crippen LogP contribution < -0.4 is 4.90 Å². The molecule has 4 rings (SSSR count). The molecule has 7 nitrogen and oxygen atoms in total. The number of halogens is 2. The first kappa shape index (κ1) is 19.9. The van der Waals surface area contributed by atoms with E-state index in [-0.39, 0.29) is 6.61 Å². The van der Waals surface area contributed by atoms with E-state index >= 15 is 0 Å². The Morgan fingerprint density at radius 3 is 2.46 bits per heavy atom. The Balaban J connectivity index is 1.96. The first-order chi connectivity index (χ1) is 13.2. The molecule has 2 aliphatic heterocycles. The Labute approximate surface area is 172 Å². The van der Waals surface area contributed by atoms with Crippen molar-refractivity contribution in [3.8, 4) is 0 Å². The van der Waals surface area contributed by atoms with E-state index in [0.717, 1.165) is 6.29 Å². The minimum absolute atomic E-state index is 0.208. The van der Waals surface area contributed by atoms with E-state index in [1.165, 1.54) is 0 Å². The molecule has 2 fully saturated rings. The zero-order valence-electron chi connectivity index (χ0n) is 16.0. The van der Waals surface area contributed by atoms with Crippen LogP contribution in [0.3, 0.4) is 0 Å². The van der Waals surface area contributed by atoms with E-state index in [1.54, 1.807) is 12.1 Å². The molecular formula is C19H22Cl2N2O5. The van der Waals surface area contributed by atoms with Crippen LogP contribution in [0.1, 0.15) is 30.4 Å². The zero-order chi connectivity index (χ0) is 20.4. The number of aliphatic hydroxyl groups is 1. The van der Waals surface area contributed by atoms with Gasteiger partial charge in [-0.3, -0.25) is 9.36 Å². The molecule has 0 aliphatic carbocycles. The molecular weight excluding hydrogens is 407 g/mol. The normalized spacial score (nSPS) is 28.7. The van der Waals surface area contributed by atoms with Crippen LogP contribution in [0.2, 0.25) is 10.0 Å². The smallest absolute Gasteiger partial charge is 0.165 e. The highest BCUT2D eigenvalue weighted by atomic mass is 35.5. The zero-order valence-corrected chi connectivity index (χ0v) is 17.5. The Bertz CT molecular complexity index is 942. The number of hydrogen-bond donors (Lipinski definition) is 1. The van der Waals surface area contributed by atoms with Crippen molar-refractivity contribution in [2.24, 2.45) is 0 Å². The summed E-state index contributed by atoms with van der Waals surface area (Å²) in [4.78, 5) is 13.8. The summed E-state index contributed by atoms with van der Waals surface area (Å²) in [5.74, 6) is -0.167. The predicted octanol–water partition coefficient (Wildman–Crippen LogP) is 3.24. The molecule has 0 saturated carbocycles. The van der Waals surface area contributed by atoms with Gasteiger partial charge in [-0.2, -0.15) is 0 Å². The van der Waals surface area contributed by atoms with E-state index in [2.05, 4.69) is 0 Å². The van der Waals surface area contributed by atoms with Crippen molar-refractivity contribution in [3.05, 3.63) is 27.7 Å². The number of benzene rings is 1. The number of anilines is 1. The number of carbonyl (C=O) groups excluding carboxylic acids is 1. The first-order valence-electron chi connectivity index (χ1n) is 8.96. The lowest BCUT2D eigenvalue weighted by molar-refractivity contribution is -0.199. The monoisotopic (exact) mass is 428 g/mol. The van der Waals surface area contributed by atoms with Crippen LogP contribution in [0.15, 0.2) is 12.1 Å². The molecule has 0 amide bonds. The van der Waals surface area contributed by atoms with Crippen LogP contribution in [-0.4, -0.2) is 60.8 Å². The molecule has 0 unspecified atom stereocenters. The number of hydrogen-bond acceptors (Lipinski definition) is 6. The molecule has 2 aliphatic rings. The topological polar surface area (TPSA) is 73.2 Å². The van der Waals surface area contributed by atoms with Crippen molar-refractivity contribution in [2.75, 3.05) is 25.6 Å². The molecule has 28 heavy (non-hydrogen) atoms. The van der Waals surface area contributed by atoms with Gasteiger partial charge in [-0.05, 0) is 26.0 Å². The Hall–Kier alpha value is -1.35. The number of aldehydes is 1. The number of ether oxygens (including phenoxy) is 3. The lowest BCUT2D eigenvalue weighted by atomic mass is 10.1. The molecule has 0 spiro atoms. The third-order valence-corrected chi connectivity index (χ3v) is 5.88. The summed E-state index contributed by atoms with van der Waals surface area (Å²) in [6, 6.07) is 3.39. The molecule has 0 radical (unpaired) electrons. The van der Waals surface area contributed by atoms with Gasteiger partial charge in [-0.1, -0.05) is 23.2 Å². The van der Waals surface area contributed by atoms with Gasteiger partial charge in [0.1, 0.15) is 24.1 Å². The Morgan fingerprint density at radius 1 is 1.21 bits per heavy atom. The number of fused-ring (bicyclic) bond motifs is 2. The highest BCUT2D eigenvalue weighted by molar-refractivity contribution is 6.43. The average Bonchev–Trinajstić information content (AvgIpc) is 3.21. The molecule has 152 valence electrons. The van der Waals surface area contributed by atoms with Gasteiger partial charge in [-0.25, -0.2) is 0 Å². The number of rotatable bonds is 4. The van der Waals surface area contributed by atoms with Gasteiger partial charge in [0, 0.05) is 19.5 Å². The van der Waals surface area contributed by atoms with E-state index in [9.17, 15) is 9.90 Å². The van der Waals surface area contributed by atoms with Crippen LogP contribution in [0.4, 0.5) is 5.82 Å². The van der Waals surface area contributed by atoms with Crippen LogP contribution in [-0.2, 0) is 14.2 Å². The van der Waals surface area contributed by atoms with E-state index < -0.39 is 30.3 Å². The van der Waals surface area contributed by atoms with Gasteiger partial charge in [0.25, 0.3) is 0 Å². The van der Waals surface area contributed by atoms with Gasteiger partial charge < -0.3 is 24.2 Å².